The summed E-state index contributed by atoms with van der Waals surface area (Å²) in [5.41, 5.74) is 9.06. The van der Waals surface area contributed by atoms with Crippen molar-refractivity contribution in [1.29, 1.82) is 0 Å². The van der Waals surface area contributed by atoms with Gasteiger partial charge in [0.05, 0.1) is 5.60 Å². The number of carbonyl (C=O) groups excluding carboxylic acids is 1. The lowest BCUT2D eigenvalue weighted by Gasteiger charge is -2.47. The number of hydrogen-bond acceptors (Lipinski definition) is 7. The van der Waals surface area contributed by atoms with Crippen LogP contribution in [0.15, 0.2) is 48.5 Å². The van der Waals surface area contributed by atoms with Crippen molar-refractivity contribution in [1.82, 2.24) is 10.2 Å². The van der Waals surface area contributed by atoms with Gasteiger partial charge in [0.2, 0.25) is 5.91 Å². The number of primary amides is 1. The fraction of sp³-hybridized carbons (Fsp3) is 0.483. The number of nitrogens with two attached hydrogens (primary N) is 1. The highest BCUT2D eigenvalue weighted by Gasteiger charge is 2.42. The minimum Gasteiger partial charge on any atom is -0.378 e. The van der Waals surface area contributed by atoms with Gasteiger partial charge in [-0.1, -0.05) is 42.7 Å². The quantitative estimate of drug-likeness (QED) is 0.415. The molecule has 1 aromatic heterocycles. The van der Waals surface area contributed by atoms with Gasteiger partial charge in [-0.05, 0) is 73.6 Å². The average Bonchev–Trinajstić information content (AvgIpc) is 3.44. The van der Waals surface area contributed by atoms with Crippen LogP contribution >= 0.6 is 11.3 Å². The van der Waals surface area contributed by atoms with E-state index in [-0.39, 0.29) is 11.7 Å². The molecule has 196 valence electrons. The lowest BCUT2D eigenvalue weighted by molar-refractivity contribution is -0.0856. The third-order valence-corrected chi connectivity index (χ3v) is 9.26. The molecule has 1 unspecified atom stereocenters. The van der Waals surface area contributed by atoms with Crippen molar-refractivity contribution in [3.05, 3.63) is 64.7 Å². The normalized spacial score (nSPS) is 19.0. The van der Waals surface area contributed by atoms with Crippen molar-refractivity contribution in [2.24, 2.45) is 11.7 Å². The van der Waals surface area contributed by atoms with E-state index < -0.39 is 5.91 Å². The first-order chi connectivity index (χ1) is 18.0. The Kier molecular flexibility index (Phi) is 7.88. The van der Waals surface area contributed by atoms with Crippen molar-refractivity contribution in [2.45, 2.75) is 56.7 Å². The number of benzene rings is 2. The molecule has 3 aromatic rings. The van der Waals surface area contributed by atoms with E-state index in [9.17, 15) is 4.79 Å². The van der Waals surface area contributed by atoms with Crippen LogP contribution in [0.3, 0.4) is 0 Å². The van der Waals surface area contributed by atoms with Gasteiger partial charge in [0.25, 0.3) is 0 Å². The number of aromatic nitrogens is 2. The molecule has 8 heteroatoms. The van der Waals surface area contributed by atoms with Crippen molar-refractivity contribution in [3.8, 4) is 10.6 Å². The number of piperidine rings is 1. The molecule has 2 aromatic carbocycles. The molecule has 1 saturated carbocycles. The van der Waals surface area contributed by atoms with E-state index in [1.807, 2.05) is 19.2 Å². The first-order valence-electron chi connectivity index (χ1n) is 13.2. The molecule has 37 heavy (non-hydrogen) atoms. The standard InChI is InChI=1S/C29H36N4O3S/c1-35-25(20-8-10-21(11-9-20)26(30)34)28-32-31-27(37-28)22-12-14-24(15-13-22)33-18-16-29(36-2,17-19-33)23-6-4-3-5-7-23/h8-15,23,25H,3-7,16-19H2,1-2H3,(H2,30,34). The summed E-state index contributed by atoms with van der Waals surface area (Å²) in [6.07, 6.45) is 8.53. The van der Waals surface area contributed by atoms with Crippen LogP contribution in [-0.2, 0) is 9.47 Å². The predicted octanol–water partition coefficient (Wildman–Crippen LogP) is 5.61. The summed E-state index contributed by atoms with van der Waals surface area (Å²) in [6, 6.07) is 15.7. The molecule has 7 nitrogen and oxygen atoms in total. The summed E-state index contributed by atoms with van der Waals surface area (Å²) in [5, 5.41) is 10.5. The van der Waals surface area contributed by atoms with Gasteiger partial charge in [0.15, 0.2) is 5.01 Å². The van der Waals surface area contributed by atoms with Gasteiger partial charge in [-0.15, -0.1) is 10.2 Å². The second-order valence-electron chi connectivity index (χ2n) is 10.2. The zero-order valence-electron chi connectivity index (χ0n) is 21.7. The van der Waals surface area contributed by atoms with Gasteiger partial charge < -0.3 is 20.1 Å². The summed E-state index contributed by atoms with van der Waals surface area (Å²) >= 11 is 1.51. The third kappa shape index (κ3) is 5.42. The lowest BCUT2D eigenvalue weighted by Crippen LogP contribution is -2.50. The molecule has 2 N–H and O–H groups in total. The molecular formula is C29H36N4O3S. The molecule has 1 amide bonds. The first kappa shape index (κ1) is 25.8. The van der Waals surface area contributed by atoms with Crippen LogP contribution in [0.5, 0.6) is 0 Å². The predicted molar refractivity (Wildman–Crippen MR) is 147 cm³/mol. The smallest absolute Gasteiger partial charge is 0.248 e. The molecule has 2 heterocycles. The molecule has 2 aliphatic rings. The number of anilines is 1. The van der Waals surface area contributed by atoms with Crippen molar-refractivity contribution < 1.29 is 14.3 Å². The number of rotatable bonds is 8. The SMILES string of the molecule is COC(c1ccc(C(N)=O)cc1)c1nnc(-c2ccc(N3CCC(OC)(C4CCCCC4)CC3)cc2)s1. The van der Waals surface area contributed by atoms with Gasteiger partial charge in [0.1, 0.15) is 11.1 Å². The summed E-state index contributed by atoms with van der Waals surface area (Å²) in [5.74, 6) is 0.258. The maximum absolute atomic E-state index is 11.4. The van der Waals surface area contributed by atoms with Crippen LogP contribution in [0.25, 0.3) is 10.6 Å². The zero-order chi connectivity index (χ0) is 25.8. The first-order valence-corrected chi connectivity index (χ1v) is 14.0. The van der Waals surface area contributed by atoms with E-state index in [1.165, 1.54) is 49.1 Å². The zero-order valence-corrected chi connectivity index (χ0v) is 22.5. The highest BCUT2D eigenvalue weighted by Crippen LogP contribution is 2.42. The summed E-state index contributed by atoms with van der Waals surface area (Å²) in [6.45, 7) is 2.05. The van der Waals surface area contributed by atoms with Crippen LogP contribution in [0.1, 0.15) is 72.0 Å². The fourth-order valence-electron chi connectivity index (χ4n) is 6.02. The number of methoxy groups -OCH3 is 2. The Bertz CT molecular complexity index is 1180. The molecule has 1 saturated heterocycles. The molecular weight excluding hydrogens is 484 g/mol. The minimum absolute atomic E-state index is 0.0534. The van der Waals surface area contributed by atoms with Crippen LogP contribution in [0.4, 0.5) is 5.69 Å². The topological polar surface area (TPSA) is 90.6 Å². The van der Waals surface area contributed by atoms with E-state index >= 15 is 0 Å². The van der Waals surface area contributed by atoms with E-state index in [0.717, 1.165) is 47.1 Å². The number of hydrogen-bond donors (Lipinski definition) is 1. The van der Waals surface area contributed by atoms with Gasteiger partial charge >= 0.3 is 0 Å². The average molecular weight is 521 g/mol. The number of ether oxygens (including phenoxy) is 2. The van der Waals surface area contributed by atoms with E-state index in [4.69, 9.17) is 15.2 Å². The van der Waals surface area contributed by atoms with E-state index in [0.29, 0.717) is 11.5 Å². The molecule has 0 radical (unpaired) electrons. The third-order valence-electron chi connectivity index (χ3n) is 8.24. The number of carbonyl (C=O) groups is 1. The Balaban J connectivity index is 1.25. The summed E-state index contributed by atoms with van der Waals surface area (Å²) in [7, 11) is 3.56. The Morgan fingerprint density at radius 2 is 1.68 bits per heavy atom. The highest BCUT2D eigenvalue weighted by molar-refractivity contribution is 7.14. The second kappa shape index (κ2) is 11.3. The van der Waals surface area contributed by atoms with Crippen molar-refractivity contribution in [3.63, 3.8) is 0 Å². The molecule has 0 bridgehead atoms. The van der Waals surface area contributed by atoms with Crippen LogP contribution in [0.2, 0.25) is 0 Å². The lowest BCUT2D eigenvalue weighted by atomic mass is 9.72. The Hall–Kier alpha value is -2.81. The summed E-state index contributed by atoms with van der Waals surface area (Å²) < 4.78 is 11.9. The van der Waals surface area contributed by atoms with Gasteiger partial charge in [0, 0.05) is 44.1 Å². The minimum atomic E-state index is -0.450. The van der Waals surface area contributed by atoms with Crippen LogP contribution < -0.4 is 10.6 Å². The monoisotopic (exact) mass is 520 g/mol. The Morgan fingerprint density at radius 3 is 2.27 bits per heavy atom. The van der Waals surface area contributed by atoms with Crippen molar-refractivity contribution >= 4 is 22.9 Å². The summed E-state index contributed by atoms with van der Waals surface area (Å²) in [4.78, 5) is 13.9. The molecule has 1 aliphatic carbocycles. The van der Waals surface area contributed by atoms with Gasteiger partial charge in [-0.25, -0.2) is 0 Å². The van der Waals surface area contributed by atoms with Crippen LogP contribution in [-0.4, -0.2) is 49.0 Å². The molecule has 0 spiro atoms. The van der Waals surface area contributed by atoms with Crippen LogP contribution in [0, 0.1) is 5.92 Å². The largest absolute Gasteiger partial charge is 0.378 e. The Labute approximate surface area is 223 Å². The fourth-order valence-corrected chi connectivity index (χ4v) is 6.98. The maximum atomic E-state index is 11.4. The number of nitrogens with zero attached hydrogens (tertiary/aromatic N) is 3. The molecule has 2 fully saturated rings. The molecule has 1 aliphatic heterocycles. The second-order valence-corrected chi connectivity index (χ2v) is 11.2. The highest BCUT2D eigenvalue weighted by atomic mass is 32.1. The van der Waals surface area contributed by atoms with Gasteiger partial charge in [-0.3, -0.25) is 4.79 Å². The molecule has 1 atom stereocenters. The Morgan fingerprint density at radius 1 is 1.00 bits per heavy atom. The number of amides is 1. The van der Waals surface area contributed by atoms with E-state index in [2.05, 4.69) is 39.4 Å². The van der Waals surface area contributed by atoms with Crippen molar-refractivity contribution in [2.75, 3.05) is 32.2 Å². The molecule has 5 rings (SSSR count). The maximum Gasteiger partial charge on any atom is 0.248 e. The van der Waals surface area contributed by atoms with Gasteiger partial charge in [-0.2, -0.15) is 0 Å². The van der Waals surface area contributed by atoms with E-state index in [1.54, 1.807) is 19.2 Å².